The Kier molecular flexibility index (Phi) is 3.62. The number of halogens is 2. The van der Waals surface area contributed by atoms with E-state index in [1.54, 1.807) is 13.0 Å². The smallest absolute Gasteiger partial charge is 0.256 e. The lowest BCUT2D eigenvalue weighted by Crippen LogP contribution is -2.38. The van der Waals surface area contributed by atoms with E-state index in [1.807, 2.05) is 0 Å². The summed E-state index contributed by atoms with van der Waals surface area (Å²) in [6, 6.07) is 4.29. The fraction of sp³-hybridized carbons (Fsp3) is 0.385. The van der Waals surface area contributed by atoms with Gasteiger partial charge < -0.3 is 10.6 Å². The molecule has 4 nitrogen and oxygen atoms in total. The van der Waals surface area contributed by atoms with Crippen LogP contribution in [0.5, 0.6) is 0 Å². The highest BCUT2D eigenvalue weighted by atomic mass is 79.9. The average Bonchev–Trinajstić information content (AvgIpc) is 2.73. The molecular weight excluding hydrogens is 315 g/mol. The van der Waals surface area contributed by atoms with Crippen LogP contribution in [-0.2, 0) is 4.79 Å². The average molecular weight is 329 g/mol. The van der Waals surface area contributed by atoms with Gasteiger partial charge in [0.15, 0.2) is 0 Å². The number of amides is 2. The van der Waals surface area contributed by atoms with Crippen molar-refractivity contribution < 1.29 is 14.0 Å². The standard InChI is InChI=1S/C13H14BrFN2O2/c1-13(12(16)19)4-5-17(7-13)11(18)9-3-2-8(14)6-10(9)15/h2-3,6H,4-5,7H2,1H3,(H2,16,19). The van der Waals surface area contributed by atoms with Gasteiger partial charge >= 0.3 is 0 Å². The maximum atomic E-state index is 13.7. The first-order valence-electron chi connectivity index (χ1n) is 5.88. The van der Waals surface area contributed by atoms with Gasteiger partial charge in [0, 0.05) is 17.6 Å². The zero-order chi connectivity index (χ0) is 14.2. The number of primary amides is 1. The minimum absolute atomic E-state index is 0.0110. The summed E-state index contributed by atoms with van der Waals surface area (Å²) < 4.78 is 14.3. The van der Waals surface area contributed by atoms with Crippen molar-refractivity contribution in [2.24, 2.45) is 11.1 Å². The van der Waals surface area contributed by atoms with Crippen LogP contribution in [0.25, 0.3) is 0 Å². The SMILES string of the molecule is CC1(C(N)=O)CCN(C(=O)c2ccc(Br)cc2F)C1. The van der Waals surface area contributed by atoms with Gasteiger partial charge in [-0.25, -0.2) is 4.39 Å². The van der Waals surface area contributed by atoms with Crippen LogP contribution in [-0.4, -0.2) is 29.8 Å². The number of hydrogen-bond acceptors (Lipinski definition) is 2. The highest BCUT2D eigenvalue weighted by molar-refractivity contribution is 9.10. The van der Waals surface area contributed by atoms with Crippen molar-refractivity contribution in [3.63, 3.8) is 0 Å². The number of carbonyl (C=O) groups is 2. The van der Waals surface area contributed by atoms with Gasteiger partial charge in [0.05, 0.1) is 11.0 Å². The maximum Gasteiger partial charge on any atom is 0.256 e. The van der Waals surface area contributed by atoms with Gasteiger partial charge in [-0.15, -0.1) is 0 Å². The fourth-order valence-corrected chi connectivity index (χ4v) is 2.50. The summed E-state index contributed by atoms with van der Waals surface area (Å²) in [5.74, 6) is -1.42. The van der Waals surface area contributed by atoms with Gasteiger partial charge in [0.2, 0.25) is 5.91 Å². The molecule has 0 aliphatic carbocycles. The minimum atomic E-state index is -0.721. The summed E-state index contributed by atoms with van der Waals surface area (Å²) in [6.45, 7) is 2.37. The normalized spacial score (nSPS) is 22.6. The van der Waals surface area contributed by atoms with Crippen LogP contribution < -0.4 is 5.73 Å². The van der Waals surface area contributed by atoms with Gasteiger partial charge in [0.1, 0.15) is 5.82 Å². The van der Waals surface area contributed by atoms with E-state index in [-0.39, 0.29) is 12.1 Å². The van der Waals surface area contributed by atoms with Gasteiger partial charge in [0.25, 0.3) is 5.91 Å². The molecule has 19 heavy (non-hydrogen) atoms. The van der Waals surface area contributed by atoms with E-state index < -0.39 is 23.0 Å². The zero-order valence-corrected chi connectivity index (χ0v) is 12.0. The van der Waals surface area contributed by atoms with Crippen molar-refractivity contribution in [3.8, 4) is 0 Å². The second-order valence-corrected chi connectivity index (χ2v) is 5.94. The van der Waals surface area contributed by atoms with Crippen LogP contribution in [0.4, 0.5) is 4.39 Å². The largest absolute Gasteiger partial charge is 0.369 e. The topological polar surface area (TPSA) is 63.4 Å². The predicted octanol–water partition coefficient (Wildman–Crippen LogP) is 1.93. The Morgan fingerprint density at radius 1 is 1.47 bits per heavy atom. The molecule has 0 radical (unpaired) electrons. The molecule has 0 bridgehead atoms. The number of nitrogens with two attached hydrogens (primary N) is 1. The number of carbonyl (C=O) groups excluding carboxylic acids is 2. The summed E-state index contributed by atoms with van der Waals surface area (Å²) in [5, 5.41) is 0. The predicted molar refractivity (Wildman–Crippen MR) is 71.9 cm³/mol. The summed E-state index contributed by atoms with van der Waals surface area (Å²) in [4.78, 5) is 25.0. The minimum Gasteiger partial charge on any atom is -0.369 e. The molecule has 102 valence electrons. The van der Waals surface area contributed by atoms with Crippen LogP contribution >= 0.6 is 15.9 Å². The number of likely N-dealkylation sites (tertiary alicyclic amines) is 1. The Morgan fingerprint density at radius 3 is 2.68 bits per heavy atom. The highest BCUT2D eigenvalue weighted by Crippen LogP contribution is 2.30. The number of hydrogen-bond donors (Lipinski definition) is 1. The monoisotopic (exact) mass is 328 g/mol. The molecule has 2 rings (SSSR count). The molecule has 1 aromatic rings. The Balaban J connectivity index is 2.20. The first kappa shape index (κ1) is 14.0. The summed E-state index contributed by atoms with van der Waals surface area (Å²) >= 11 is 3.14. The fourth-order valence-electron chi connectivity index (χ4n) is 2.17. The maximum absolute atomic E-state index is 13.7. The summed E-state index contributed by atoms with van der Waals surface area (Å²) in [6.07, 6.45) is 0.506. The molecular formula is C13H14BrFN2O2. The molecule has 1 aliphatic heterocycles. The summed E-state index contributed by atoms with van der Waals surface area (Å²) in [5.41, 5.74) is 4.62. The van der Waals surface area contributed by atoms with Crippen molar-refractivity contribution in [2.45, 2.75) is 13.3 Å². The van der Waals surface area contributed by atoms with Crippen molar-refractivity contribution in [1.29, 1.82) is 0 Å². The van der Waals surface area contributed by atoms with Crippen molar-refractivity contribution >= 4 is 27.7 Å². The molecule has 1 aromatic carbocycles. The van der Waals surface area contributed by atoms with Crippen LogP contribution in [0, 0.1) is 11.2 Å². The molecule has 1 atom stereocenters. The quantitative estimate of drug-likeness (QED) is 0.901. The molecule has 1 heterocycles. The van der Waals surface area contributed by atoms with Gasteiger partial charge in [-0.3, -0.25) is 9.59 Å². The molecule has 1 fully saturated rings. The first-order chi connectivity index (χ1) is 8.83. The lowest BCUT2D eigenvalue weighted by atomic mass is 9.89. The third-order valence-electron chi connectivity index (χ3n) is 3.52. The van der Waals surface area contributed by atoms with Gasteiger partial charge in [-0.2, -0.15) is 0 Å². The summed E-state index contributed by atoms with van der Waals surface area (Å²) in [7, 11) is 0. The molecule has 0 saturated carbocycles. The van der Waals surface area contributed by atoms with Crippen LogP contribution in [0.2, 0.25) is 0 Å². The molecule has 2 N–H and O–H groups in total. The van der Waals surface area contributed by atoms with Gasteiger partial charge in [-0.1, -0.05) is 15.9 Å². The number of nitrogens with zero attached hydrogens (tertiary/aromatic N) is 1. The molecule has 2 amide bonds. The third kappa shape index (κ3) is 2.63. The van der Waals surface area contributed by atoms with E-state index in [2.05, 4.69) is 15.9 Å². The molecule has 1 saturated heterocycles. The molecule has 1 unspecified atom stereocenters. The zero-order valence-electron chi connectivity index (χ0n) is 10.5. The molecule has 0 aromatic heterocycles. The molecule has 6 heteroatoms. The van der Waals surface area contributed by atoms with Crippen molar-refractivity contribution in [1.82, 2.24) is 4.90 Å². The Bertz CT molecular complexity index is 549. The Hall–Kier alpha value is -1.43. The van der Waals surface area contributed by atoms with E-state index >= 15 is 0 Å². The third-order valence-corrected chi connectivity index (χ3v) is 4.01. The van der Waals surface area contributed by atoms with E-state index in [9.17, 15) is 14.0 Å². The second-order valence-electron chi connectivity index (χ2n) is 5.03. The van der Waals surface area contributed by atoms with E-state index in [1.165, 1.54) is 17.0 Å². The van der Waals surface area contributed by atoms with Crippen LogP contribution in [0.15, 0.2) is 22.7 Å². The van der Waals surface area contributed by atoms with E-state index in [0.29, 0.717) is 17.4 Å². The Labute approximate surface area is 118 Å². The van der Waals surface area contributed by atoms with Crippen molar-refractivity contribution in [3.05, 3.63) is 34.1 Å². The Morgan fingerprint density at radius 2 is 2.16 bits per heavy atom. The first-order valence-corrected chi connectivity index (χ1v) is 6.67. The van der Waals surface area contributed by atoms with Crippen LogP contribution in [0.3, 0.4) is 0 Å². The van der Waals surface area contributed by atoms with Crippen molar-refractivity contribution in [2.75, 3.05) is 13.1 Å². The molecule has 0 spiro atoms. The van der Waals surface area contributed by atoms with Gasteiger partial charge in [-0.05, 0) is 31.5 Å². The van der Waals surface area contributed by atoms with E-state index in [4.69, 9.17) is 5.73 Å². The lowest BCUT2D eigenvalue weighted by Gasteiger charge is -2.21. The highest BCUT2D eigenvalue weighted by Gasteiger charge is 2.41. The molecule has 1 aliphatic rings. The lowest BCUT2D eigenvalue weighted by molar-refractivity contribution is -0.126. The van der Waals surface area contributed by atoms with Crippen LogP contribution in [0.1, 0.15) is 23.7 Å². The second kappa shape index (κ2) is 4.92. The number of rotatable bonds is 2. The number of benzene rings is 1. The van der Waals surface area contributed by atoms with E-state index in [0.717, 1.165) is 0 Å².